The number of hydrogen-bond donors (Lipinski definition) is 0. The molecule has 0 unspecified atom stereocenters. The van der Waals surface area contributed by atoms with Crippen molar-refractivity contribution in [2.45, 2.75) is 13.8 Å². The molecule has 0 heterocycles. The van der Waals surface area contributed by atoms with Crippen molar-refractivity contribution in [1.82, 2.24) is 0 Å². The molecule has 0 aliphatic rings. The maximum atomic E-state index is 10.6. The third-order valence-corrected chi connectivity index (χ3v) is 0.352. The summed E-state index contributed by atoms with van der Waals surface area (Å²) in [7, 11) is 0. The van der Waals surface area contributed by atoms with Gasteiger partial charge in [-0.05, 0) is 19.3 Å². The van der Waals surface area contributed by atoms with Gasteiger partial charge in [-0.3, -0.25) is 4.79 Å². The molecule has 0 spiro atoms. The first kappa shape index (κ1) is 1.19. The lowest BCUT2D eigenvalue weighted by Gasteiger charge is -1.80. The third-order valence-electron chi connectivity index (χ3n) is 0.352. The molecule has 0 radical (unpaired) electrons. The molecule has 0 bridgehead atoms. The molecule has 0 aromatic heterocycles. The zero-order valence-corrected chi connectivity index (χ0v) is 3.41. The Bertz CT molecular complexity index is 197. The minimum Gasteiger partial charge on any atom is -0.295 e. The highest BCUT2D eigenvalue weighted by Gasteiger charge is 1.85. The van der Waals surface area contributed by atoms with Gasteiger partial charge in [0.2, 0.25) is 0 Å². The Morgan fingerprint density at radius 3 is 2.83 bits per heavy atom. The van der Waals surface area contributed by atoms with E-state index in [1.165, 1.54) is 0 Å². The number of hydrogen-bond acceptors (Lipinski definition) is 1. The van der Waals surface area contributed by atoms with Gasteiger partial charge in [-0.25, -0.2) is 0 Å². The van der Waals surface area contributed by atoms with Crippen molar-refractivity contribution in [2.75, 3.05) is 0 Å². The summed E-state index contributed by atoms with van der Waals surface area (Å²) in [6.45, 7) is -2.53. The van der Waals surface area contributed by atoms with Crippen molar-refractivity contribution in [2.24, 2.45) is 0 Å². The summed E-state index contributed by atoms with van der Waals surface area (Å²) in [5.41, 5.74) is -0.711. The first-order chi connectivity index (χ1) is 4.76. The predicted molar refractivity (Wildman–Crippen MR) is 25.5 cm³/mol. The summed E-state index contributed by atoms with van der Waals surface area (Å²) in [5.74, 6) is -0.745. The van der Waals surface area contributed by atoms with Gasteiger partial charge in [-0.15, -0.1) is 0 Å². The van der Waals surface area contributed by atoms with Gasteiger partial charge in [0.1, 0.15) is 0 Å². The lowest BCUT2D eigenvalue weighted by molar-refractivity contribution is -0.113. The molecule has 0 fully saturated rings. The van der Waals surface area contributed by atoms with Crippen LogP contribution in [0.2, 0.25) is 0 Å². The molecule has 0 aromatic carbocycles. The average molecular weight is 89.1 g/mol. The molecule has 1 nitrogen and oxygen atoms in total. The van der Waals surface area contributed by atoms with Gasteiger partial charge in [0, 0.05) is 4.11 Å². The van der Waals surface area contributed by atoms with E-state index in [9.17, 15) is 4.79 Å². The van der Waals surface area contributed by atoms with Crippen LogP contribution in [0.25, 0.3) is 0 Å². The summed E-state index contributed by atoms with van der Waals surface area (Å²) < 4.78 is 33.7. The normalized spacial score (nSPS) is 21.2. The maximum Gasteiger partial charge on any atom is 0.154 e. The number of ketones is 1. The largest absolute Gasteiger partial charge is 0.295 e. The highest BCUT2D eigenvalue weighted by atomic mass is 16.1. The van der Waals surface area contributed by atoms with E-state index in [1.54, 1.807) is 0 Å². The van der Waals surface area contributed by atoms with Gasteiger partial charge in [0.15, 0.2) is 5.78 Å². The van der Waals surface area contributed by atoms with Gasteiger partial charge in [0.05, 0.1) is 2.74 Å². The Kier molecular flexibility index (Phi) is 0.347. The molecule has 34 valence electrons. The van der Waals surface area contributed by atoms with Crippen molar-refractivity contribution in [3.05, 3.63) is 12.1 Å². The van der Waals surface area contributed by atoms with Crippen LogP contribution in [0.3, 0.4) is 0 Å². The van der Waals surface area contributed by atoms with Crippen molar-refractivity contribution >= 4 is 5.78 Å². The smallest absolute Gasteiger partial charge is 0.154 e. The zero-order valence-electron chi connectivity index (χ0n) is 8.41. The van der Waals surface area contributed by atoms with Gasteiger partial charge >= 0.3 is 0 Å². The molecule has 0 amide bonds. The van der Waals surface area contributed by atoms with Crippen LogP contribution in [0.5, 0.6) is 0 Å². The van der Waals surface area contributed by atoms with Gasteiger partial charge < -0.3 is 0 Å². The van der Waals surface area contributed by atoms with E-state index in [0.29, 0.717) is 0 Å². The number of carbonyl (C=O) groups excluding carboxylic acids is 1. The number of rotatable bonds is 1. The fraction of sp³-hybridized carbons (Fsp3) is 0.400. The molecule has 6 heavy (non-hydrogen) atoms. The lowest BCUT2D eigenvalue weighted by atomic mass is 10.3. The molecule has 0 rings (SSSR count). The van der Waals surface area contributed by atoms with E-state index in [4.69, 9.17) is 6.85 Å². The quantitative estimate of drug-likeness (QED) is 0.440. The highest BCUT2D eigenvalue weighted by Crippen LogP contribution is 1.84. The standard InChI is InChI=1S/C5H8O/c1-4(2)5(3)6/h1H2,2-3H3/i1D2,2D3. The van der Waals surface area contributed by atoms with E-state index >= 15 is 0 Å². The molecule has 0 atom stereocenters. The molecule has 0 saturated carbocycles. The number of carbonyl (C=O) groups is 1. The Morgan fingerprint density at radius 2 is 2.83 bits per heavy atom. The second-order valence-corrected chi connectivity index (χ2v) is 0.931. The SMILES string of the molecule is [2H]C([2H])=C(C(C)=O)C([2H])([2H])[2H]. The van der Waals surface area contributed by atoms with Gasteiger partial charge in [-0.2, -0.15) is 0 Å². The van der Waals surface area contributed by atoms with E-state index in [0.717, 1.165) is 6.92 Å². The first-order valence-corrected chi connectivity index (χ1v) is 1.45. The number of allylic oxidation sites excluding steroid dienone is 1. The number of Topliss-reactive ketones (excluding diaryl/α,β-unsaturated/α-hetero) is 1. The molecule has 0 aromatic rings. The summed E-state index contributed by atoms with van der Waals surface area (Å²) in [6.07, 6.45) is 0. The van der Waals surface area contributed by atoms with Crippen LogP contribution in [0.1, 0.15) is 20.6 Å². The van der Waals surface area contributed by atoms with Crippen LogP contribution >= 0.6 is 0 Å². The van der Waals surface area contributed by atoms with E-state index in [1.807, 2.05) is 0 Å². The van der Waals surface area contributed by atoms with Crippen LogP contribution in [-0.4, -0.2) is 5.78 Å². The molecule has 0 N–H and O–H groups in total. The second-order valence-electron chi connectivity index (χ2n) is 0.931. The van der Waals surface area contributed by atoms with Crippen molar-refractivity contribution in [1.29, 1.82) is 0 Å². The fourth-order valence-corrected chi connectivity index (χ4v) is 0. The van der Waals surface area contributed by atoms with E-state index in [2.05, 4.69) is 0 Å². The molecule has 0 saturated heterocycles. The molecule has 0 aliphatic carbocycles. The van der Waals surface area contributed by atoms with E-state index < -0.39 is 24.7 Å². The second kappa shape index (κ2) is 1.75. The molecule has 1 heteroatoms. The summed E-state index contributed by atoms with van der Waals surface area (Å²) >= 11 is 0. The Hall–Kier alpha value is -0.590. The molecular weight excluding hydrogens is 76.1 g/mol. The lowest BCUT2D eigenvalue weighted by Crippen LogP contribution is -1.86. The topological polar surface area (TPSA) is 17.1 Å². The Morgan fingerprint density at radius 1 is 2.17 bits per heavy atom. The van der Waals surface area contributed by atoms with Crippen LogP contribution in [0.15, 0.2) is 12.1 Å². The monoisotopic (exact) mass is 89.1 g/mol. The average Bonchev–Trinajstić information content (AvgIpc) is 1.54. The molecular formula is C5H8O. The fourth-order valence-electron chi connectivity index (χ4n) is 0. The summed E-state index contributed by atoms with van der Waals surface area (Å²) in [5, 5.41) is 0. The minimum absolute atomic E-state index is 0.711. The van der Waals surface area contributed by atoms with Gasteiger partial charge in [-0.1, -0.05) is 6.53 Å². The first-order valence-electron chi connectivity index (χ1n) is 3.95. The maximum absolute atomic E-state index is 10.6. The van der Waals surface area contributed by atoms with Crippen molar-refractivity contribution < 1.29 is 11.6 Å². The van der Waals surface area contributed by atoms with E-state index in [-0.39, 0.29) is 0 Å². The van der Waals surface area contributed by atoms with Gasteiger partial charge in [0.25, 0.3) is 0 Å². The minimum atomic E-state index is -2.63. The van der Waals surface area contributed by atoms with Crippen LogP contribution < -0.4 is 0 Å². The Balaban J connectivity index is 4.96. The van der Waals surface area contributed by atoms with Crippen molar-refractivity contribution in [3.63, 3.8) is 0 Å². The predicted octanol–water partition coefficient (Wildman–Crippen LogP) is 1.15. The highest BCUT2D eigenvalue weighted by molar-refractivity contribution is 5.91. The van der Waals surface area contributed by atoms with Crippen LogP contribution in [0, 0.1) is 0 Å². The molecule has 0 aliphatic heterocycles. The Labute approximate surface area is 44.7 Å². The summed E-state index contributed by atoms with van der Waals surface area (Å²) in [4.78, 5) is 10.6. The third kappa shape index (κ3) is 1.70. The van der Waals surface area contributed by atoms with Crippen molar-refractivity contribution in [3.8, 4) is 0 Å². The van der Waals surface area contributed by atoms with Crippen LogP contribution in [-0.2, 0) is 4.79 Å². The summed E-state index contributed by atoms with van der Waals surface area (Å²) in [6, 6.07) is 0. The zero-order chi connectivity index (χ0) is 9.23. The van der Waals surface area contributed by atoms with Crippen LogP contribution in [0.4, 0.5) is 0 Å².